The third-order valence-corrected chi connectivity index (χ3v) is 5.68. The lowest BCUT2D eigenvalue weighted by Crippen LogP contribution is -2.59. The molecule has 0 aromatic carbocycles. The van der Waals surface area contributed by atoms with E-state index in [1.165, 1.54) is 6.92 Å². The molecule has 0 saturated heterocycles. The smallest absolute Gasteiger partial charge is 0.245 e. The number of carbonyl (C=O) groups excluding carboxylic acids is 3. The van der Waals surface area contributed by atoms with Crippen LogP contribution in [0.25, 0.3) is 0 Å². The molecule has 0 aliphatic carbocycles. The first-order valence-corrected chi connectivity index (χ1v) is 10.7. The maximum atomic E-state index is 13.4. The predicted molar refractivity (Wildman–Crippen MR) is 117 cm³/mol. The molecule has 29 heavy (non-hydrogen) atoms. The number of nitrogens with one attached hydrogen (secondary N) is 2. The Hall–Kier alpha value is -1.47. The third kappa shape index (κ3) is 8.05. The van der Waals surface area contributed by atoms with Crippen molar-refractivity contribution in [1.82, 2.24) is 15.5 Å². The van der Waals surface area contributed by atoms with E-state index in [-0.39, 0.29) is 60.0 Å². The van der Waals surface area contributed by atoms with Crippen molar-refractivity contribution in [1.29, 1.82) is 0 Å². The maximum absolute atomic E-state index is 13.4. The predicted octanol–water partition coefficient (Wildman–Crippen LogP) is 2.24. The second kappa shape index (κ2) is 13.0. The molecule has 7 heteroatoms. The highest BCUT2D eigenvalue weighted by atomic mass is 16.5. The molecule has 2 amide bonds. The van der Waals surface area contributed by atoms with Crippen molar-refractivity contribution in [3.05, 3.63) is 0 Å². The lowest BCUT2D eigenvalue weighted by Gasteiger charge is -2.40. The fourth-order valence-electron chi connectivity index (χ4n) is 3.76. The summed E-state index contributed by atoms with van der Waals surface area (Å²) in [6.07, 6.45) is 0.700. The van der Waals surface area contributed by atoms with Crippen LogP contribution in [-0.2, 0) is 19.1 Å². The van der Waals surface area contributed by atoms with Gasteiger partial charge in [0.05, 0.1) is 18.2 Å². The standard InChI is InChI=1S/C22H43N3O4/c1-11-15(6)20(17(29-10)12-16(7)26)25(9)22(28)19(14(4)5)24-21(27)18(23-8)13(2)3/h13-15,17-20,23H,11-12H2,1-10H3,(H,24,27)/t15-,17+,18-,19-,20-/m0/s1. The van der Waals surface area contributed by atoms with Crippen molar-refractivity contribution in [2.45, 2.75) is 85.5 Å². The van der Waals surface area contributed by atoms with Gasteiger partial charge in [0.25, 0.3) is 0 Å². The van der Waals surface area contributed by atoms with E-state index in [0.717, 1.165) is 6.42 Å². The van der Waals surface area contributed by atoms with Gasteiger partial charge in [-0.05, 0) is 31.7 Å². The Morgan fingerprint density at radius 2 is 1.52 bits per heavy atom. The summed E-state index contributed by atoms with van der Waals surface area (Å²) < 4.78 is 5.61. The first-order valence-electron chi connectivity index (χ1n) is 10.7. The summed E-state index contributed by atoms with van der Waals surface area (Å²) in [5.41, 5.74) is 0. The summed E-state index contributed by atoms with van der Waals surface area (Å²) >= 11 is 0. The van der Waals surface area contributed by atoms with E-state index in [1.54, 1.807) is 26.1 Å². The van der Waals surface area contributed by atoms with Crippen molar-refractivity contribution in [2.24, 2.45) is 17.8 Å². The van der Waals surface area contributed by atoms with Crippen molar-refractivity contribution in [3.8, 4) is 0 Å². The molecule has 0 aliphatic heterocycles. The lowest BCUT2D eigenvalue weighted by molar-refractivity contribution is -0.144. The van der Waals surface area contributed by atoms with Crippen LogP contribution in [0.3, 0.4) is 0 Å². The molecule has 0 aromatic heterocycles. The van der Waals surface area contributed by atoms with Gasteiger partial charge in [-0.25, -0.2) is 0 Å². The van der Waals surface area contributed by atoms with Crippen molar-refractivity contribution in [3.63, 3.8) is 0 Å². The molecule has 5 atom stereocenters. The van der Waals surface area contributed by atoms with Crippen LogP contribution in [0.1, 0.15) is 61.3 Å². The number of Topliss-reactive ketones (excluding diaryl/α,β-unsaturated/α-hetero) is 1. The van der Waals surface area contributed by atoms with Crippen LogP contribution < -0.4 is 10.6 Å². The average Bonchev–Trinajstić information content (AvgIpc) is 2.63. The zero-order valence-corrected chi connectivity index (χ0v) is 20.0. The zero-order valence-electron chi connectivity index (χ0n) is 20.0. The van der Waals surface area contributed by atoms with Crippen LogP contribution in [-0.4, -0.2) is 67.9 Å². The summed E-state index contributed by atoms with van der Waals surface area (Å²) in [5, 5.41) is 5.96. The van der Waals surface area contributed by atoms with Crippen LogP contribution >= 0.6 is 0 Å². The van der Waals surface area contributed by atoms with Crippen LogP contribution in [0, 0.1) is 17.8 Å². The molecule has 0 fully saturated rings. The number of amides is 2. The largest absolute Gasteiger partial charge is 0.379 e. The highest BCUT2D eigenvalue weighted by Crippen LogP contribution is 2.23. The van der Waals surface area contributed by atoms with E-state index in [0.29, 0.717) is 0 Å². The lowest BCUT2D eigenvalue weighted by atomic mass is 9.89. The summed E-state index contributed by atoms with van der Waals surface area (Å²) in [7, 11) is 5.06. The number of ether oxygens (including phenoxy) is 1. The maximum Gasteiger partial charge on any atom is 0.245 e. The Morgan fingerprint density at radius 1 is 1.00 bits per heavy atom. The topological polar surface area (TPSA) is 87.7 Å². The molecule has 170 valence electrons. The Labute approximate surface area is 177 Å². The van der Waals surface area contributed by atoms with E-state index in [1.807, 2.05) is 27.7 Å². The molecule has 0 radical (unpaired) electrons. The molecule has 7 nitrogen and oxygen atoms in total. The van der Waals surface area contributed by atoms with Gasteiger partial charge in [-0.2, -0.15) is 0 Å². The van der Waals surface area contributed by atoms with Crippen LogP contribution in [0.5, 0.6) is 0 Å². The van der Waals surface area contributed by atoms with Gasteiger partial charge in [0.1, 0.15) is 11.8 Å². The number of hydrogen-bond acceptors (Lipinski definition) is 5. The molecule has 2 N–H and O–H groups in total. The molecule has 0 aromatic rings. The fourth-order valence-corrected chi connectivity index (χ4v) is 3.76. The second-order valence-corrected chi connectivity index (χ2v) is 8.75. The van der Waals surface area contributed by atoms with E-state index < -0.39 is 6.04 Å². The minimum absolute atomic E-state index is 0.0218. The van der Waals surface area contributed by atoms with Crippen LogP contribution in [0.15, 0.2) is 0 Å². The number of likely N-dealkylation sites (N-methyl/N-ethyl adjacent to an activating group) is 2. The number of ketones is 1. The minimum Gasteiger partial charge on any atom is -0.379 e. The first-order chi connectivity index (χ1) is 13.4. The quantitative estimate of drug-likeness (QED) is 0.483. The normalized spacial score (nSPS) is 16.8. The van der Waals surface area contributed by atoms with Crippen LogP contribution in [0.4, 0.5) is 0 Å². The van der Waals surface area contributed by atoms with Gasteiger partial charge in [-0.1, -0.05) is 48.0 Å². The monoisotopic (exact) mass is 413 g/mol. The van der Waals surface area contributed by atoms with Crippen molar-refractivity contribution >= 4 is 17.6 Å². The van der Waals surface area contributed by atoms with E-state index >= 15 is 0 Å². The molecule has 0 bridgehead atoms. The van der Waals surface area contributed by atoms with Crippen LogP contribution in [0.2, 0.25) is 0 Å². The van der Waals surface area contributed by atoms with Gasteiger partial charge >= 0.3 is 0 Å². The fraction of sp³-hybridized carbons (Fsp3) is 0.864. The molecular weight excluding hydrogens is 370 g/mol. The molecule has 0 rings (SSSR count). The van der Waals surface area contributed by atoms with E-state index in [2.05, 4.69) is 24.5 Å². The Morgan fingerprint density at radius 3 is 1.86 bits per heavy atom. The number of rotatable bonds is 13. The third-order valence-electron chi connectivity index (χ3n) is 5.68. The number of hydrogen-bond donors (Lipinski definition) is 2. The Bertz CT molecular complexity index is 536. The van der Waals surface area contributed by atoms with E-state index in [4.69, 9.17) is 4.74 Å². The van der Waals surface area contributed by atoms with Gasteiger partial charge in [-0.15, -0.1) is 0 Å². The SMILES string of the molecule is CC[C@H](C)[C@@H]([C@@H](CC(C)=O)OC)N(C)C(=O)[C@@H](NC(=O)[C@@H](NC)C(C)C)C(C)C. The highest BCUT2D eigenvalue weighted by molar-refractivity contribution is 5.90. The van der Waals surface area contributed by atoms with Gasteiger partial charge < -0.3 is 20.3 Å². The Balaban J connectivity index is 5.72. The molecular formula is C22H43N3O4. The average molecular weight is 414 g/mol. The molecule has 0 unspecified atom stereocenters. The summed E-state index contributed by atoms with van der Waals surface area (Å²) in [4.78, 5) is 39.6. The van der Waals surface area contributed by atoms with Crippen molar-refractivity contribution in [2.75, 3.05) is 21.2 Å². The van der Waals surface area contributed by atoms with Gasteiger partial charge in [0.2, 0.25) is 11.8 Å². The minimum atomic E-state index is -0.650. The molecule has 0 heterocycles. The molecule has 0 spiro atoms. The first kappa shape index (κ1) is 27.5. The van der Waals surface area contributed by atoms with E-state index in [9.17, 15) is 14.4 Å². The Kier molecular flexibility index (Phi) is 12.3. The summed E-state index contributed by atoms with van der Waals surface area (Å²) in [5.74, 6) is -0.171. The number of methoxy groups -OCH3 is 1. The van der Waals surface area contributed by atoms with Gasteiger partial charge in [-0.3, -0.25) is 14.4 Å². The summed E-state index contributed by atoms with van der Waals surface area (Å²) in [6.45, 7) is 13.4. The highest BCUT2D eigenvalue weighted by Gasteiger charge is 2.37. The van der Waals surface area contributed by atoms with Crippen molar-refractivity contribution < 1.29 is 19.1 Å². The molecule has 0 saturated carbocycles. The van der Waals surface area contributed by atoms with Gasteiger partial charge in [0, 0.05) is 20.6 Å². The number of carbonyl (C=O) groups is 3. The van der Waals surface area contributed by atoms with Gasteiger partial charge in [0.15, 0.2) is 0 Å². The second-order valence-electron chi connectivity index (χ2n) is 8.75. The number of nitrogens with zero attached hydrogens (tertiary/aromatic N) is 1. The zero-order chi connectivity index (χ0) is 22.9. The molecule has 0 aliphatic rings. The summed E-state index contributed by atoms with van der Waals surface area (Å²) in [6, 6.07) is -1.28.